The van der Waals surface area contributed by atoms with Gasteiger partial charge < -0.3 is 9.47 Å². The van der Waals surface area contributed by atoms with Crippen LogP contribution in [0.15, 0.2) is 82.6 Å². The van der Waals surface area contributed by atoms with Crippen molar-refractivity contribution in [2.45, 2.75) is 16.7 Å². The first-order valence-electron chi connectivity index (χ1n) is 7.73. The number of hydrogen-bond donors (Lipinski definition) is 0. The number of methoxy groups -OCH3 is 1. The highest BCUT2D eigenvalue weighted by atomic mass is 32.2. The number of sulfone groups is 1. The molecule has 0 N–H and O–H groups in total. The summed E-state index contributed by atoms with van der Waals surface area (Å²) in [4.78, 5) is 0.514. The van der Waals surface area contributed by atoms with Gasteiger partial charge in [0.15, 0.2) is 0 Å². The molecule has 5 heteroatoms. The summed E-state index contributed by atoms with van der Waals surface area (Å²) >= 11 is 0. The van der Waals surface area contributed by atoms with Crippen LogP contribution in [0, 0.1) is 6.92 Å². The van der Waals surface area contributed by atoms with Crippen molar-refractivity contribution >= 4 is 9.84 Å². The SMILES string of the molecule is COc1ccc(Oc2ccc(S(=O)(=O)c3ccc(C)cc3)cc2)cc1. The van der Waals surface area contributed by atoms with E-state index in [1.165, 1.54) is 0 Å². The average molecular weight is 354 g/mol. The Balaban J connectivity index is 1.80. The van der Waals surface area contributed by atoms with E-state index in [2.05, 4.69) is 0 Å². The Kier molecular flexibility index (Phi) is 4.76. The van der Waals surface area contributed by atoms with E-state index in [1.807, 2.05) is 6.92 Å². The molecule has 0 aliphatic rings. The molecule has 0 aliphatic carbocycles. The average Bonchev–Trinajstić information content (AvgIpc) is 2.63. The van der Waals surface area contributed by atoms with Gasteiger partial charge >= 0.3 is 0 Å². The molecule has 0 aliphatic heterocycles. The topological polar surface area (TPSA) is 52.6 Å². The van der Waals surface area contributed by atoms with Gasteiger partial charge in [-0.1, -0.05) is 17.7 Å². The minimum atomic E-state index is -3.53. The summed E-state index contributed by atoms with van der Waals surface area (Å²) in [6.45, 7) is 1.92. The number of aryl methyl sites for hydroxylation is 1. The molecule has 0 fully saturated rings. The predicted octanol–water partition coefficient (Wildman–Crippen LogP) is 4.63. The minimum Gasteiger partial charge on any atom is -0.497 e. The van der Waals surface area contributed by atoms with E-state index in [-0.39, 0.29) is 9.79 Å². The van der Waals surface area contributed by atoms with Gasteiger partial charge in [0.1, 0.15) is 17.2 Å². The molecule has 128 valence electrons. The van der Waals surface area contributed by atoms with Crippen LogP contribution >= 0.6 is 0 Å². The van der Waals surface area contributed by atoms with Gasteiger partial charge in [-0.3, -0.25) is 0 Å². The van der Waals surface area contributed by atoms with Crippen LogP contribution in [-0.2, 0) is 9.84 Å². The summed E-state index contributed by atoms with van der Waals surface area (Å²) in [6.07, 6.45) is 0. The third-order valence-corrected chi connectivity index (χ3v) is 5.55. The smallest absolute Gasteiger partial charge is 0.206 e. The molecule has 0 amide bonds. The predicted molar refractivity (Wildman–Crippen MR) is 96.1 cm³/mol. The molecular formula is C20H18O4S. The van der Waals surface area contributed by atoms with Crippen molar-refractivity contribution in [1.29, 1.82) is 0 Å². The molecule has 0 heterocycles. The van der Waals surface area contributed by atoms with E-state index in [9.17, 15) is 8.42 Å². The van der Waals surface area contributed by atoms with Crippen LogP contribution in [0.4, 0.5) is 0 Å². The quantitative estimate of drug-likeness (QED) is 0.670. The lowest BCUT2D eigenvalue weighted by Gasteiger charge is -2.08. The molecule has 0 atom stereocenters. The van der Waals surface area contributed by atoms with Gasteiger partial charge in [0, 0.05) is 0 Å². The number of ether oxygens (including phenoxy) is 2. The molecule has 25 heavy (non-hydrogen) atoms. The maximum Gasteiger partial charge on any atom is 0.206 e. The molecule has 4 nitrogen and oxygen atoms in total. The van der Waals surface area contributed by atoms with Gasteiger partial charge in [-0.05, 0) is 67.6 Å². The van der Waals surface area contributed by atoms with Crippen molar-refractivity contribution in [2.24, 2.45) is 0 Å². The normalized spacial score (nSPS) is 11.1. The molecule has 0 spiro atoms. The fourth-order valence-corrected chi connectivity index (χ4v) is 3.58. The summed E-state index contributed by atoms with van der Waals surface area (Å²) in [5, 5.41) is 0. The van der Waals surface area contributed by atoms with E-state index in [4.69, 9.17) is 9.47 Å². The molecular weight excluding hydrogens is 336 g/mol. The largest absolute Gasteiger partial charge is 0.497 e. The van der Waals surface area contributed by atoms with Crippen LogP contribution in [-0.4, -0.2) is 15.5 Å². The van der Waals surface area contributed by atoms with Crippen LogP contribution in [0.3, 0.4) is 0 Å². The van der Waals surface area contributed by atoms with E-state index >= 15 is 0 Å². The molecule has 0 radical (unpaired) electrons. The number of hydrogen-bond acceptors (Lipinski definition) is 4. The fourth-order valence-electron chi connectivity index (χ4n) is 2.32. The van der Waals surface area contributed by atoms with Crippen LogP contribution < -0.4 is 9.47 Å². The Bertz CT molecular complexity index is 942. The maximum absolute atomic E-state index is 12.6. The second-order valence-corrected chi connectivity index (χ2v) is 7.52. The third-order valence-electron chi connectivity index (χ3n) is 3.76. The molecule has 3 aromatic rings. The van der Waals surface area contributed by atoms with Gasteiger partial charge in [-0.15, -0.1) is 0 Å². The van der Waals surface area contributed by atoms with E-state index in [0.717, 1.165) is 11.3 Å². The van der Waals surface area contributed by atoms with Crippen molar-refractivity contribution in [3.05, 3.63) is 78.4 Å². The van der Waals surface area contributed by atoms with Crippen LogP contribution in [0.5, 0.6) is 17.2 Å². The summed E-state index contributed by atoms with van der Waals surface area (Å²) < 4.78 is 36.1. The number of rotatable bonds is 5. The second kappa shape index (κ2) is 6.99. The first-order valence-corrected chi connectivity index (χ1v) is 9.21. The van der Waals surface area contributed by atoms with Gasteiger partial charge in [0.05, 0.1) is 16.9 Å². The molecule has 0 unspecified atom stereocenters. The van der Waals surface area contributed by atoms with Crippen LogP contribution in [0.2, 0.25) is 0 Å². The summed E-state index contributed by atoms with van der Waals surface area (Å²) in [7, 11) is -1.93. The lowest BCUT2D eigenvalue weighted by molar-refractivity contribution is 0.413. The molecule has 0 aromatic heterocycles. The zero-order valence-electron chi connectivity index (χ0n) is 14.0. The zero-order chi connectivity index (χ0) is 17.9. The molecule has 0 saturated carbocycles. The molecule has 3 aromatic carbocycles. The first-order chi connectivity index (χ1) is 12.0. The van der Waals surface area contributed by atoms with Gasteiger partial charge in [-0.25, -0.2) is 8.42 Å². The van der Waals surface area contributed by atoms with Crippen molar-refractivity contribution in [2.75, 3.05) is 7.11 Å². The Morgan fingerprint density at radius 2 is 1.04 bits per heavy atom. The monoisotopic (exact) mass is 354 g/mol. The minimum absolute atomic E-state index is 0.235. The molecule has 0 bridgehead atoms. The summed E-state index contributed by atoms with van der Waals surface area (Å²) in [6, 6.07) is 20.4. The number of benzene rings is 3. The third kappa shape index (κ3) is 3.83. The van der Waals surface area contributed by atoms with Crippen LogP contribution in [0.1, 0.15) is 5.56 Å². The lowest BCUT2D eigenvalue weighted by Crippen LogP contribution is -2.01. The Hall–Kier alpha value is -2.79. The van der Waals surface area contributed by atoms with Crippen molar-refractivity contribution < 1.29 is 17.9 Å². The Labute approximate surface area is 147 Å². The van der Waals surface area contributed by atoms with Gasteiger partial charge in [-0.2, -0.15) is 0 Å². The van der Waals surface area contributed by atoms with Crippen molar-refractivity contribution in [3.63, 3.8) is 0 Å². The highest BCUT2D eigenvalue weighted by Gasteiger charge is 2.17. The highest BCUT2D eigenvalue weighted by Crippen LogP contribution is 2.27. The van der Waals surface area contributed by atoms with Crippen LogP contribution in [0.25, 0.3) is 0 Å². The molecule has 0 saturated heterocycles. The van der Waals surface area contributed by atoms with Gasteiger partial charge in [0.2, 0.25) is 9.84 Å². The maximum atomic E-state index is 12.6. The van der Waals surface area contributed by atoms with Gasteiger partial charge in [0.25, 0.3) is 0 Å². The van der Waals surface area contributed by atoms with Crippen molar-refractivity contribution in [3.8, 4) is 17.2 Å². The Morgan fingerprint density at radius 1 is 0.640 bits per heavy atom. The van der Waals surface area contributed by atoms with E-state index < -0.39 is 9.84 Å². The molecule has 3 rings (SSSR count). The van der Waals surface area contributed by atoms with E-state index in [0.29, 0.717) is 11.5 Å². The first kappa shape index (κ1) is 17.0. The zero-order valence-corrected chi connectivity index (χ0v) is 14.8. The summed E-state index contributed by atoms with van der Waals surface area (Å²) in [5.41, 5.74) is 1.02. The second-order valence-electron chi connectivity index (χ2n) is 5.57. The van der Waals surface area contributed by atoms with E-state index in [1.54, 1.807) is 79.9 Å². The Morgan fingerprint density at radius 3 is 1.52 bits per heavy atom. The lowest BCUT2D eigenvalue weighted by atomic mass is 10.2. The fraction of sp³-hybridized carbons (Fsp3) is 0.100. The standard InChI is InChI=1S/C20H18O4S/c1-15-3-11-19(12-4-15)25(21,22)20-13-9-18(10-14-20)24-17-7-5-16(23-2)6-8-17/h3-14H,1-2H3. The highest BCUT2D eigenvalue weighted by molar-refractivity contribution is 7.91. The van der Waals surface area contributed by atoms with Crippen molar-refractivity contribution in [1.82, 2.24) is 0 Å². The summed E-state index contributed by atoms with van der Waals surface area (Å²) in [5.74, 6) is 1.95.